The van der Waals surface area contributed by atoms with Crippen molar-refractivity contribution in [2.45, 2.75) is 6.92 Å². The normalized spacial score (nSPS) is 9.47. The Morgan fingerprint density at radius 1 is 1.40 bits per heavy atom. The molecule has 0 bridgehead atoms. The maximum atomic E-state index is 10.9. The molecule has 0 saturated carbocycles. The smallest absolute Gasteiger partial charge is 0.339 e. The second kappa shape index (κ2) is 4.96. The number of carboxylic acid groups (broad SMARTS) is 1. The van der Waals surface area contributed by atoms with Gasteiger partial charge in [-0.25, -0.2) is 4.79 Å². The van der Waals surface area contributed by atoms with Gasteiger partial charge in [0.15, 0.2) is 5.75 Å². The number of rotatable bonds is 3. The number of halogens is 1. The van der Waals surface area contributed by atoms with Crippen LogP contribution in [0, 0.1) is 0 Å². The number of aromatic carboxylic acids is 1. The summed E-state index contributed by atoms with van der Waals surface area (Å²) in [6, 6.07) is 6.11. The number of amides is 1. The first kappa shape index (κ1) is 11.8. The van der Waals surface area contributed by atoms with Gasteiger partial charge in [-0.2, -0.15) is 0 Å². The monoisotopic (exact) mass is 321 g/mol. The van der Waals surface area contributed by atoms with E-state index in [1.165, 1.54) is 19.1 Å². The Bertz CT molecular complexity index is 393. The number of carbonyl (C=O) groups excluding carboxylic acids is 1. The lowest BCUT2D eigenvalue weighted by Gasteiger charge is -2.14. The van der Waals surface area contributed by atoms with E-state index in [9.17, 15) is 9.59 Å². The van der Waals surface area contributed by atoms with Gasteiger partial charge in [-0.15, -0.1) is 3.28 Å². The molecule has 0 atom stereocenters. The summed E-state index contributed by atoms with van der Waals surface area (Å²) in [6.45, 7) is 1.32. The quantitative estimate of drug-likeness (QED) is 0.524. The Morgan fingerprint density at radius 3 is 2.53 bits per heavy atom. The molecule has 1 N–H and O–H groups in total. The van der Waals surface area contributed by atoms with Crippen molar-refractivity contribution in [1.29, 1.82) is 0 Å². The molecular weight excluding hydrogens is 313 g/mol. The molecule has 0 aromatic heterocycles. The fourth-order valence-electron chi connectivity index (χ4n) is 0.874. The number of hydrogen-bond donors (Lipinski definition) is 1. The Morgan fingerprint density at radius 2 is 2.00 bits per heavy atom. The fraction of sp³-hybridized carbons (Fsp3) is 0.111. The number of benzene rings is 1. The SMILES string of the molecule is CC(=O)N(I)Oc1ccccc1C(=O)O. The van der Waals surface area contributed by atoms with Gasteiger partial charge in [-0.05, 0) is 12.1 Å². The van der Waals surface area contributed by atoms with Crippen LogP contribution in [0.15, 0.2) is 24.3 Å². The van der Waals surface area contributed by atoms with Gasteiger partial charge in [0.1, 0.15) is 28.4 Å². The van der Waals surface area contributed by atoms with Gasteiger partial charge >= 0.3 is 5.97 Å². The zero-order chi connectivity index (χ0) is 11.4. The minimum atomic E-state index is -1.10. The molecule has 0 aliphatic rings. The Kier molecular flexibility index (Phi) is 3.89. The van der Waals surface area contributed by atoms with Crippen molar-refractivity contribution < 1.29 is 19.5 Å². The van der Waals surface area contributed by atoms with E-state index >= 15 is 0 Å². The van der Waals surface area contributed by atoms with Crippen molar-refractivity contribution in [3.8, 4) is 5.75 Å². The first-order chi connectivity index (χ1) is 7.02. The second-order valence-electron chi connectivity index (χ2n) is 2.66. The minimum absolute atomic E-state index is 0.0143. The third kappa shape index (κ3) is 3.08. The molecule has 0 fully saturated rings. The number of carbonyl (C=O) groups is 2. The predicted octanol–water partition coefficient (Wildman–Crippen LogP) is 1.88. The van der Waals surface area contributed by atoms with Crippen LogP contribution in [0.5, 0.6) is 5.75 Å². The van der Waals surface area contributed by atoms with Gasteiger partial charge in [-0.1, -0.05) is 12.1 Å². The summed E-state index contributed by atoms with van der Waals surface area (Å²) >= 11 is 1.64. The maximum Gasteiger partial charge on any atom is 0.339 e. The van der Waals surface area contributed by atoms with E-state index in [-0.39, 0.29) is 17.2 Å². The number of para-hydroxylation sites is 1. The van der Waals surface area contributed by atoms with Gasteiger partial charge in [0, 0.05) is 6.92 Å². The van der Waals surface area contributed by atoms with Gasteiger partial charge in [0.25, 0.3) is 5.91 Å². The largest absolute Gasteiger partial charge is 0.478 e. The topological polar surface area (TPSA) is 66.8 Å². The van der Waals surface area contributed by atoms with Crippen molar-refractivity contribution in [2.24, 2.45) is 0 Å². The zero-order valence-corrected chi connectivity index (χ0v) is 9.96. The average molecular weight is 321 g/mol. The molecule has 15 heavy (non-hydrogen) atoms. The van der Waals surface area contributed by atoms with Crippen molar-refractivity contribution in [2.75, 3.05) is 0 Å². The average Bonchev–Trinajstić information content (AvgIpc) is 2.18. The van der Waals surface area contributed by atoms with Gasteiger partial charge in [-0.3, -0.25) is 4.79 Å². The van der Waals surface area contributed by atoms with Crippen LogP contribution in [-0.2, 0) is 4.79 Å². The van der Waals surface area contributed by atoms with Crippen molar-refractivity contribution in [1.82, 2.24) is 3.28 Å². The molecule has 0 saturated heterocycles. The molecule has 1 aromatic rings. The number of carboxylic acids is 1. The molecule has 1 amide bonds. The lowest BCUT2D eigenvalue weighted by Crippen LogP contribution is -2.22. The molecule has 0 heterocycles. The summed E-state index contributed by atoms with van der Waals surface area (Å²) < 4.78 is 0.944. The Labute approximate surface area is 100 Å². The summed E-state index contributed by atoms with van der Waals surface area (Å²) in [5, 5.41) is 8.83. The van der Waals surface area contributed by atoms with Crippen LogP contribution in [0.1, 0.15) is 17.3 Å². The summed E-state index contributed by atoms with van der Waals surface area (Å²) in [4.78, 5) is 26.7. The highest BCUT2D eigenvalue weighted by Crippen LogP contribution is 2.20. The lowest BCUT2D eigenvalue weighted by atomic mass is 10.2. The van der Waals surface area contributed by atoms with Crippen LogP contribution < -0.4 is 4.84 Å². The van der Waals surface area contributed by atoms with Gasteiger partial charge in [0.05, 0.1) is 0 Å². The lowest BCUT2D eigenvalue weighted by molar-refractivity contribution is -0.135. The zero-order valence-electron chi connectivity index (χ0n) is 7.81. The summed E-state index contributed by atoms with van der Waals surface area (Å²) in [5.74, 6) is -1.29. The summed E-state index contributed by atoms with van der Waals surface area (Å²) in [6.07, 6.45) is 0. The van der Waals surface area contributed by atoms with Crippen LogP contribution in [-0.4, -0.2) is 20.3 Å². The molecule has 0 aliphatic heterocycles. The van der Waals surface area contributed by atoms with E-state index in [1.54, 1.807) is 35.0 Å². The molecule has 1 rings (SSSR count). The molecule has 80 valence electrons. The molecule has 6 heteroatoms. The molecular formula is C9H8INO4. The molecule has 0 unspecified atom stereocenters. The third-order valence-corrected chi connectivity index (χ3v) is 2.42. The van der Waals surface area contributed by atoms with Gasteiger partial charge in [0.2, 0.25) is 0 Å². The molecule has 0 aliphatic carbocycles. The van der Waals surface area contributed by atoms with E-state index in [0.29, 0.717) is 0 Å². The van der Waals surface area contributed by atoms with E-state index in [1.807, 2.05) is 0 Å². The van der Waals surface area contributed by atoms with Crippen LogP contribution >= 0.6 is 22.9 Å². The molecule has 0 spiro atoms. The first-order valence-electron chi connectivity index (χ1n) is 3.99. The first-order valence-corrected chi connectivity index (χ1v) is 4.95. The number of hydroxylamine groups is 1. The summed E-state index contributed by atoms with van der Waals surface area (Å²) in [5.41, 5.74) is 0.0143. The standard InChI is InChI=1S/C9H8INO4/c1-6(12)11(10)15-8-5-3-2-4-7(8)9(13)14/h2-5H,1H3,(H,13,14). The van der Waals surface area contributed by atoms with Crippen LogP contribution in [0.2, 0.25) is 0 Å². The minimum Gasteiger partial charge on any atom is -0.478 e. The Hall–Kier alpha value is -1.31. The van der Waals surface area contributed by atoms with E-state index < -0.39 is 5.97 Å². The predicted molar refractivity (Wildman–Crippen MR) is 60.6 cm³/mol. The third-order valence-electron chi connectivity index (χ3n) is 1.54. The molecule has 5 nitrogen and oxygen atoms in total. The Balaban J connectivity index is 2.94. The maximum absolute atomic E-state index is 10.9. The highest BCUT2D eigenvalue weighted by Gasteiger charge is 2.14. The van der Waals surface area contributed by atoms with E-state index in [4.69, 9.17) is 9.94 Å². The van der Waals surface area contributed by atoms with E-state index in [2.05, 4.69) is 0 Å². The van der Waals surface area contributed by atoms with Crippen LogP contribution in [0.4, 0.5) is 0 Å². The van der Waals surface area contributed by atoms with Gasteiger partial charge < -0.3 is 9.94 Å². The molecule has 1 aromatic carbocycles. The summed E-state index contributed by atoms with van der Waals surface area (Å²) in [7, 11) is 0. The second-order valence-corrected chi connectivity index (χ2v) is 3.53. The van der Waals surface area contributed by atoms with Crippen molar-refractivity contribution in [3.63, 3.8) is 0 Å². The van der Waals surface area contributed by atoms with Crippen LogP contribution in [0.25, 0.3) is 0 Å². The molecule has 0 radical (unpaired) electrons. The van der Waals surface area contributed by atoms with E-state index in [0.717, 1.165) is 3.28 Å². The highest BCUT2D eigenvalue weighted by molar-refractivity contribution is 14.1. The van der Waals surface area contributed by atoms with Crippen LogP contribution in [0.3, 0.4) is 0 Å². The van der Waals surface area contributed by atoms with Crippen molar-refractivity contribution >= 4 is 34.7 Å². The highest BCUT2D eigenvalue weighted by atomic mass is 127. The number of hydrogen-bond acceptors (Lipinski definition) is 3. The fourth-order valence-corrected chi connectivity index (χ4v) is 1.09. The van der Waals surface area contributed by atoms with Crippen molar-refractivity contribution in [3.05, 3.63) is 29.8 Å². The number of nitrogens with zero attached hydrogens (tertiary/aromatic N) is 1.